The Bertz CT molecular complexity index is 822. The summed E-state index contributed by atoms with van der Waals surface area (Å²) in [5.74, 6) is 1.01. The van der Waals surface area contributed by atoms with Crippen LogP contribution in [0.3, 0.4) is 0 Å². The van der Waals surface area contributed by atoms with Crippen LogP contribution < -0.4 is 0 Å². The lowest BCUT2D eigenvalue weighted by molar-refractivity contribution is 0.0201. The van der Waals surface area contributed by atoms with Crippen molar-refractivity contribution in [2.24, 2.45) is 0 Å². The van der Waals surface area contributed by atoms with Gasteiger partial charge in [-0.2, -0.15) is 0 Å². The van der Waals surface area contributed by atoms with Crippen LogP contribution in [0.2, 0.25) is 10.0 Å². The highest BCUT2D eigenvalue weighted by Gasteiger charge is 2.36. The fraction of sp³-hybridized carbons (Fsp3) is 0.500. The van der Waals surface area contributed by atoms with Crippen LogP contribution in [0.5, 0.6) is 0 Å². The lowest BCUT2D eigenvalue weighted by atomic mass is 10.2. The summed E-state index contributed by atoms with van der Waals surface area (Å²) in [4.78, 5) is 14.1. The van der Waals surface area contributed by atoms with E-state index in [1.54, 1.807) is 17.0 Å². The number of aromatic nitrogens is 2. The van der Waals surface area contributed by atoms with Crippen LogP contribution in [0.25, 0.3) is 0 Å². The summed E-state index contributed by atoms with van der Waals surface area (Å²) in [5.41, 5.74) is 0.389. The number of nitrogens with zero attached hydrogens (tertiary/aromatic N) is 3. The van der Waals surface area contributed by atoms with Crippen LogP contribution in [-0.4, -0.2) is 33.3 Å². The molecule has 0 aliphatic carbocycles. The van der Waals surface area contributed by atoms with Gasteiger partial charge in [0.1, 0.15) is 11.6 Å². The Morgan fingerprint density at radius 1 is 1.37 bits per heavy atom. The van der Waals surface area contributed by atoms with E-state index in [9.17, 15) is 4.79 Å². The van der Waals surface area contributed by atoms with E-state index in [1.165, 1.54) is 11.8 Å². The van der Waals surface area contributed by atoms with Gasteiger partial charge in [0.05, 0.1) is 0 Å². The van der Waals surface area contributed by atoms with Gasteiger partial charge in [0.2, 0.25) is 5.89 Å². The molecule has 9 heteroatoms. The minimum Gasteiger partial charge on any atom is -0.444 e. The summed E-state index contributed by atoms with van der Waals surface area (Å²) in [5, 5.41) is 9.86. The van der Waals surface area contributed by atoms with Gasteiger partial charge in [-0.15, -0.1) is 10.2 Å². The van der Waals surface area contributed by atoms with Crippen molar-refractivity contribution in [1.29, 1.82) is 0 Å². The summed E-state index contributed by atoms with van der Waals surface area (Å²) >= 11 is 13.5. The molecular weight excluding hydrogens is 409 g/mol. The standard InChI is InChI=1S/C18H21Cl2N3O3S/c1-18(2,3)26-17(24)23-8-4-5-14(23)15-21-22-16(25-15)27-10-11-6-7-12(19)9-13(11)20/h6-7,9,14H,4-5,8,10H2,1-3H3/t14-/m0/s1. The minimum absolute atomic E-state index is 0.249. The van der Waals surface area contributed by atoms with Crippen LogP contribution >= 0.6 is 35.0 Å². The first kappa shape index (κ1) is 20.3. The molecule has 0 spiro atoms. The summed E-state index contributed by atoms with van der Waals surface area (Å²) < 4.78 is 11.3. The topological polar surface area (TPSA) is 68.5 Å². The number of thioether (sulfide) groups is 1. The summed E-state index contributed by atoms with van der Waals surface area (Å²) in [6.07, 6.45) is 1.29. The van der Waals surface area contributed by atoms with E-state index in [1.807, 2.05) is 26.8 Å². The van der Waals surface area contributed by atoms with Gasteiger partial charge in [-0.25, -0.2) is 4.79 Å². The van der Waals surface area contributed by atoms with Crippen molar-refractivity contribution in [1.82, 2.24) is 15.1 Å². The second kappa shape index (κ2) is 8.29. The molecule has 1 aliphatic rings. The molecule has 1 aliphatic heterocycles. The number of hydrogen-bond donors (Lipinski definition) is 0. The van der Waals surface area contributed by atoms with Crippen LogP contribution in [0.1, 0.15) is 51.1 Å². The lowest BCUT2D eigenvalue weighted by Crippen LogP contribution is -2.36. The molecule has 1 aromatic heterocycles. The van der Waals surface area contributed by atoms with E-state index in [2.05, 4.69) is 10.2 Å². The first-order valence-corrected chi connectivity index (χ1v) is 10.4. The highest BCUT2D eigenvalue weighted by atomic mass is 35.5. The third-order valence-electron chi connectivity index (χ3n) is 3.95. The maximum atomic E-state index is 12.4. The van der Waals surface area contributed by atoms with E-state index in [0.717, 1.165) is 18.4 Å². The molecule has 0 N–H and O–H groups in total. The van der Waals surface area contributed by atoms with E-state index in [0.29, 0.717) is 33.5 Å². The number of rotatable bonds is 4. The smallest absolute Gasteiger partial charge is 0.410 e. The van der Waals surface area contributed by atoms with E-state index in [4.69, 9.17) is 32.4 Å². The number of likely N-dealkylation sites (tertiary alicyclic amines) is 1. The molecule has 27 heavy (non-hydrogen) atoms. The maximum absolute atomic E-state index is 12.4. The summed E-state index contributed by atoms with van der Waals surface area (Å²) in [6, 6.07) is 5.12. The van der Waals surface area contributed by atoms with Crippen LogP contribution in [0.15, 0.2) is 27.8 Å². The van der Waals surface area contributed by atoms with Gasteiger partial charge in [0.15, 0.2) is 0 Å². The van der Waals surface area contributed by atoms with Gasteiger partial charge in [0.25, 0.3) is 5.22 Å². The maximum Gasteiger partial charge on any atom is 0.410 e. The molecule has 0 bridgehead atoms. The zero-order valence-corrected chi connectivity index (χ0v) is 17.7. The normalized spacial score (nSPS) is 17.4. The van der Waals surface area contributed by atoms with Crippen molar-refractivity contribution in [2.75, 3.05) is 6.54 Å². The van der Waals surface area contributed by atoms with Crippen molar-refractivity contribution in [2.45, 2.75) is 56.2 Å². The van der Waals surface area contributed by atoms with Crippen molar-refractivity contribution in [3.8, 4) is 0 Å². The Hall–Kier alpha value is -1.44. The molecule has 0 unspecified atom stereocenters. The minimum atomic E-state index is -0.544. The molecule has 146 valence electrons. The number of ether oxygens (including phenoxy) is 1. The molecule has 1 fully saturated rings. The zero-order chi connectivity index (χ0) is 19.6. The Labute approximate surface area is 172 Å². The Morgan fingerprint density at radius 3 is 2.85 bits per heavy atom. The molecule has 2 aromatic rings. The molecule has 0 saturated carbocycles. The third kappa shape index (κ3) is 5.30. The number of benzene rings is 1. The van der Waals surface area contributed by atoms with Crippen molar-refractivity contribution in [3.05, 3.63) is 39.7 Å². The SMILES string of the molecule is CC(C)(C)OC(=O)N1CCC[C@H]1c1nnc(SCc2ccc(Cl)cc2Cl)o1. The van der Waals surface area contributed by atoms with Crippen LogP contribution in [-0.2, 0) is 10.5 Å². The number of amides is 1. The van der Waals surface area contributed by atoms with Gasteiger partial charge >= 0.3 is 6.09 Å². The largest absolute Gasteiger partial charge is 0.444 e. The molecule has 2 heterocycles. The number of carbonyl (C=O) groups is 1. The monoisotopic (exact) mass is 429 g/mol. The highest BCUT2D eigenvalue weighted by molar-refractivity contribution is 7.98. The number of hydrogen-bond acceptors (Lipinski definition) is 6. The van der Waals surface area contributed by atoms with Gasteiger partial charge in [0, 0.05) is 22.3 Å². The molecule has 3 rings (SSSR count). The van der Waals surface area contributed by atoms with E-state index in [-0.39, 0.29) is 12.1 Å². The molecule has 1 amide bonds. The second-order valence-electron chi connectivity index (χ2n) is 7.26. The average molecular weight is 430 g/mol. The van der Waals surface area contributed by atoms with E-state index >= 15 is 0 Å². The molecule has 1 atom stereocenters. The van der Waals surface area contributed by atoms with Gasteiger partial charge < -0.3 is 9.15 Å². The first-order valence-electron chi connectivity index (χ1n) is 8.63. The van der Waals surface area contributed by atoms with Crippen LogP contribution in [0.4, 0.5) is 4.79 Å². The molecule has 6 nitrogen and oxygen atoms in total. The fourth-order valence-electron chi connectivity index (χ4n) is 2.75. The molecule has 1 saturated heterocycles. The molecule has 1 aromatic carbocycles. The highest BCUT2D eigenvalue weighted by Crippen LogP contribution is 2.34. The van der Waals surface area contributed by atoms with E-state index < -0.39 is 5.60 Å². The van der Waals surface area contributed by atoms with Gasteiger partial charge in [-0.05, 0) is 51.3 Å². The molecule has 0 radical (unpaired) electrons. The Balaban J connectivity index is 1.65. The number of halogens is 2. The lowest BCUT2D eigenvalue weighted by Gasteiger charge is -2.27. The third-order valence-corrected chi connectivity index (χ3v) is 5.41. The second-order valence-corrected chi connectivity index (χ2v) is 9.03. The quantitative estimate of drug-likeness (QED) is 0.576. The zero-order valence-electron chi connectivity index (χ0n) is 15.4. The molecular formula is C18H21Cl2N3O3S. The number of carbonyl (C=O) groups excluding carboxylic acids is 1. The Kier molecular flexibility index (Phi) is 6.23. The van der Waals surface area contributed by atoms with Crippen LogP contribution in [0, 0.1) is 0 Å². The van der Waals surface area contributed by atoms with Gasteiger partial charge in [-0.1, -0.05) is 41.0 Å². The summed E-state index contributed by atoms with van der Waals surface area (Å²) in [6.45, 7) is 6.16. The Morgan fingerprint density at radius 2 is 2.15 bits per heavy atom. The predicted molar refractivity (Wildman–Crippen MR) is 105 cm³/mol. The fourth-order valence-corrected chi connectivity index (χ4v) is 4.08. The summed E-state index contributed by atoms with van der Waals surface area (Å²) in [7, 11) is 0. The van der Waals surface area contributed by atoms with Gasteiger partial charge in [-0.3, -0.25) is 4.90 Å². The average Bonchev–Trinajstić information content (AvgIpc) is 3.21. The predicted octanol–water partition coefficient (Wildman–Crippen LogP) is 5.74. The van der Waals surface area contributed by atoms with Crippen molar-refractivity contribution < 1.29 is 13.9 Å². The first-order chi connectivity index (χ1) is 12.7. The van der Waals surface area contributed by atoms with Crippen molar-refractivity contribution in [3.63, 3.8) is 0 Å². The van der Waals surface area contributed by atoms with Crippen molar-refractivity contribution >= 4 is 41.1 Å².